The van der Waals surface area contributed by atoms with Gasteiger partial charge in [0.15, 0.2) is 0 Å². The van der Waals surface area contributed by atoms with Crippen molar-refractivity contribution in [2.45, 2.75) is 60.3 Å². The lowest BCUT2D eigenvalue weighted by molar-refractivity contribution is -0.158. The molecule has 0 spiro atoms. The Kier molecular flexibility index (Phi) is 7.72. The molecule has 0 radical (unpaired) electrons. The quantitative estimate of drug-likeness (QED) is 0.783. The summed E-state index contributed by atoms with van der Waals surface area (Å²) in [6.45, 7) is 13.3. The molecule has 3 heterocycles. The van der Waals surface area contributed by atoms with E-state index in [-0.39, 0.29) is 17.1 Å². The van der Waals surface area contributed by atoms with E-state index >= 15 is 0 Å². The Bertz CT molecular complexity index is 394. The summed E-state index contributed by atoms with van der Waals surface area (Å²) in [5.74, 6) is 1.36. The lowest BCUT2D eigenvalue weighted by Crippen LogP contribution is -2.61. The van der Waals surface area contributed by atoms with Gasteiger partial charge in [-0.05, 0) is 58.7 Å². The van der Waals surface area contributed by atoms with Gasteiger partial charge < -0.3 is 9.80 Å². The smallest absolute Gasteiger partial charge is 0.225 e. The lowest BCUT2D eigenvalue weighted by Gasteiger charge is -2.55. The Morgan fingerprint density at radius 3 is 2.00 bits per heavy atom. The molecule has 1 amide bonds. The maximum atomic E-state index is 12.6. The van der Waals surface area contributed by atoms with E-state index in [0.29, 0.717) is 18.4 Å². The minimum atomic E-state index is -0.177. The van der Waals surface area contributed by atoms with E-state index in [1.165, 1.54) is 0 Å². The number of piperidine rings is 3. The van der Waals surface area contributed by atoms with Crippen LogP contribution >= 0.6 is 0 Å². The second-order valence-corrected chi connectivity index (χ2v) is 6.91. The van der Waals surface area contributed by atoms with Crippen molar-refractivity contribution in [2.75, 3.05) is 33.2 Å². The topological polar surface area (TPSA) is 40.6 Å². The van der Waals surface area contributed by atoms with Crippen molar-refractivity contribution in [3.8, 4) is 0 Å². The van der Waals surface area contributed by atoms with Crippen LogP contribution in [0.5, 0.6) is 0 Å². The van der Waals surface area contributed by atoms with Crippen molar-refractivity contribution in [3.05, 3.63) is 0 Å². The van der Waals surface area contributed by atoms with Gasteiger partial charge in [-0.25, -0.2) is 0 Å². The van der Waals surface area contributed by atoms with Crippen LogP contribution in [0.3, 0.4) is 0 Å². The number of carbonyl (C=O) groups is 2. The zero-order chi connectivity index (χ0) is 17.6. The van der Waals surface area contributed by atoms with Crippen LogP contribution in [0, 0.1) is 17.3 Å². The SMILES string of the molecule is CC.CC.CC(=O)C12CC(CN(C(=O)C3CCN(C)CC3)C1)C2. The number of rotatable bonds is 2. The van der Waals surface area contributed by atoms with Gasteiger partial charge in [0.1, 0.15) is 5.78 Å². The maximum Gasteiger partial charge on any atom is 0.225 e. The first-order valence-electron chi connectivity index (χ1n) is 9.48. The standard InChI is InChI=1S/C15H24N2O2.2C2H6/c1-11(18)15-7-12(8-15)9-17(10-15)14(19)13-3-5-16(2)6-4-13;2*1-2/h12-13H,3-10H2,1-2H3;2*1-2H3. The molecule has 3 aliphatic heterocycles. The molecule has 3 saturated heterocycles. The lowest BCUT2D eigenvalue weighted by atomic mass is 9.57. The van der Waals surface area contributed by atoms with Crippen LogP contribution in [-0.4, -0.2) is 54.7 Å². The number of carbonyl (C=O) groups excluding carboxylic acids is 2. The summed E-state index contributed by atoms with van der Waals surface area (Å²) < 4.78 is 0. The second-order valence-electron chi connectivity index (χ2n) is 6.91. The summed E-state index contributed by atoms with van der Waals surface area (Å²) in [5.41, 5.74) is -0.177. The van der Waals surface area contributed by atoms with Gasteiger partial charge in [-0.2, -0.15) is 0 Å². The summed E-state index contributed by atoms with van der Waals surface area (Å²) in [5, 5.41) is 0. The first-order chi connectivity index (χ1) is 11.0. The van der Waals surface area contributed by atoms with E-state index in [2.05, 4.69) is 11.9 Å². The molecule has 2 bridgehead atoms. The van der Waals surface area contributed by atoms with Gasteiger partial charge in [0.2, 0.25) is 5.91 Å². The van der Waals surface area contributed by atoms with Crippen LogP contribution in [0.4, 0.5) is 0 Å². The van der Waals surface area contributed by atoms with Gasteiger partial charge in [0.05, 0.1) is 0 Å². The van der Waals surface area contributed by atoms with Crippen LogP contribution in [0.25, 0.3) is 0 Å². The van der Waals surface area contributed by atoms with Crippen molar-refractivity contribution >= 4 is 11.7 Å². The molecule has 4 nitrogen and oxygen atoms in total. The molecule has 4 heteroatoms. The summed E-state index contributed by atoms with van der Waals surface area (Å²) >= 11 is 0. The predicted molar refractivity (Wildman–Crippen MR) is 95.3 cm³/mol. The molecule has 1 saturated carbocycles. The summed E-state index contributed by atoms with van der Waals surface area (Å²) in [6, 6.07) is 0. The third kappa shape index (κ3) is 4.34. The largest absolute Gasteiger partial charge is 0.341 e. The Hall–Kier alpha value is -0.900. The van der Waals surface area contributed by atoms with Crippen LogP contribution < -0.4 is 0 Å². The molecule has 0 N–H and O–H groups in total. The zero-order valence-electron chi connectivity index (χ0n) is 16.0. The molecular weight excluding hydrogens is 288 g/mol. The zero-order valence-corrected chi connectivity index (χ0v) is 16.0. The molecule has 4 fully saturated rings. The molecule has 0 unspecified atom stereocenters. The molecular formula is C19H36N2O2. The maximum absolute atomic E-state index is 12.6. The first kappa shape index (κ1) is 20.1. The normalized spacial score (nSPS) is 30.2. The Labute approximate surface area is 142 Å². The number of amides is 1. The van der Waals surface area contributed by atoms with Crippen molar-refractivity contribution in [3.63, 3.8) is 0 Å². The Morgan fingerprint density at radius 1 is 1.00 bits per heavy atom. The van der Waals surface area contributed by atoms with Crippen molar-refractivity contribution in [1.82, 2.24) is 9.80 Å². The second kappa shape index (κ2) is 8.81. The predicted octanol–water partition coefficient (Wildman–Crippen LogP) is 3.21. The Balaban J connectivity index is 0.000000615. The number of hydrogen-bond acceptors (Lipinski definition) is 3. The number of fused-ring (bicyclic) bond motifs is 2. The van der Waals surface area contributed by atoms with E-state index < -0.39 is 0 Å². The summed E-state index contributed by atoms with van der Waals surface area (Å²) in [7, 11) is 2.11. The minimum Gasteiger partial charge on any atom is -0.341 e. The van der Waals surface area contributed by atoms with Gasteiger partial charge in [-0.15, -0.1) is 0 Å². The van der Waals surface area contributed by atoms with Crippen LogP contribution in [0.15, 0.2) is 0 Å². The number of Topliss-reactive ketones (excluding diaryl/α,β-unsaturated/α-hetero) is 1. The average molecular weight is 325 g/mol. The number of nitrogens with zero attached hydrogens (tertiary/aromatic N) is 2. The Morgan fingerprint density at radius 2 is 1.52 bits per heavy atom. The van der Waals surface area contributed by atoms with Crippen LogP contribution in [0.1, 0.15) is 60.3 Å². The van der Waals surface area contributed by atoms with Gasteiger partial charge >= 0.3 is 0 Å². The molecule has 0 aromatic carbocycles. The molecule has 0 aromatic rings. The van der Waals surface area contributed by atoms with E-state index in [1.807, 2.05) is 32.6 Å². The highest BCUT2D eigenvalue weighted by Gasteiger charge is 2.54. The first-order valence-corrected chi connectivity index (χ1v) is 9.48. The van der Waals surface area contributed by atoms with Gasteiger partial charge in [-0.1, -0.05) is 27.7 Å². The molecule has 4 rings (SSSR count). The molecule has 134 valence electrons. The van der Waals surface area contributed by atoms with Gasteiger partial charge in [0, 0.05) is 24.4 Å². The number of likely N-dealkylation sites (tertiary alicyclic amines) is 1. The average Bonchev–Trinajstić information content (AvgIpc) is 2.57. The monoisotopic (exact) mass is 324 g/mol. The van der Waals surface area contributed by atoms with Crippen molar-refractivity contribution in [1.29, 1.82) is 0 Å². The minimum absolute atomic E-state index is 0.177. The highest BCUT2D eigenvalue weighted by Crippen LogP contribution is 2.51. The number of ketones is 1. The number of hydrogen-bond donors (Lipinski definition) is 0. The van der Waals surface area contributed by atoms with E-state index in [4.69, 9.17) is 0 Å². The van der Waals surface area contributed by atoms with Crippen molar-refractivity contribution < 1.29 is 9.59 Å². The fourth-order valence-corrected chi connectivity index (χ4v) is 4.13. The third-order valence-corrected chi connectivity index (χ3v) is 5.46. The van der Waals surface area contributed by atoms with E-state index in [0.717, 1.165) is 45.3 Å². The summed E-state index contributed by atoms with van der Waals surface area (Å²) in [6.07, 6.45) is 3.98. The van der Waals surface area contributed by atoms with E-state index in [9.17, 15) is 9.59 Å². The highest BCUT2D eigenvalue weighted by molar-refractivity contribution is 5.86. The van der Waals surface area contributed by atoms with Crippen LogP contribution in [0.2, 0.25) is 0 Å². The third-order valence-electron chi connectivity index (χ3n) is 5.46. The fourth-order valence-electron chi connectivity index (χ4n) is 4.13. The van der Waals surface area contributed by atoms with Crippen LogP contribution in [-0.2, 0) is 9.59 Å². The molecule has 4 aliphatic rings. The molecule has 23 heavy (non-hydrogen) atoms. The highest BCUT2D eigenvalue weighted by atomic mass is 16.2. The molecule has 0 aromatic heterocycles. The summed E-state index contributed by atoms with van der Waals surface area (Å²) in [4.78, 5) is 28.7. The van der Waals surface area contributed by atoms with Gasteiger partial charge in [-0.3, -0.25) is 9.59 Å². The molecule has 0 atom stereocenters. The van der Waals surface area contributed by atoms with Gasteiger partial charge in [0.25, 0.3) is 0 Å². The molecule has 1 aliphatic carbocycles. The van der Waals surface area contributed by atoms with E-state index in [1.54, 1.807) is 6.92 Å². The fraction of sp³-hybridized carbons (Fsp3) is 0.895. The van der Waals surface area contributed by atoms with Crippen molar-refractivity contribution in [2.24, 2.45) is 17.3 Å².